The zero-order valence-corrected chi connectivity index (χ0v) is 14.3. The summed E-state index contributed by atoms with van der Waals surface area (Å²) in [4.78, 5) is 13.3. The van der Waals surface area contributed by atoms with Crippen LogP contribution in [0.25, 0.3) is 0 Å². The van der Waals surface area contributed by atoms with Gasteiger partial charge >= 0.3 is 0 Å². The molecule has 2 aromatic rings. The molecule has 2 aliphatic carbocycles. The number of ketones is 1. The molecule has 3 N–H and O–H groups in total. The Kier molecular flexibility index (Phi) is 3.04. The van der Waals surface area contributed by atoms with Crippen LogP contribution in [0.1, 0.15) is 40.9 Å². The van der Waals surface area contributed by atoms with Gasteiger partial charge in [-0.25, -0.2) is 0 Å². The number of hydrogen-bond donors (Lipinski definition) is 3. The van der Waals surface area contributed by atoms with Crippen LogP contribution in [0.3, 0.4) is 0 Å². The van der Waals surface area contributed by atoms with Gasteiger partial charge in [-0.05, 0) is 29.0 Å². The highest BCUT2D eigenvalue weighted by Crippen LogP contribution is 2.59. The minimum Gasteiger partial charge on any atom is -0.504 e. The van der Waals surface area contributed by atoms with Crippen molar-refractivity contribution in [3.63, 3.8) is 0 Å². The maximum Gasteiger partial charge on any atom is 0.200 e. The predicted octanol–water partition coefficient (Wildman–Crippen LogP) is 2.64. The Balaban J connectivity index is 2.02. The van der Waals surface area contributed by atoms with Crippen LogP contribution in [0.2, 0.25) is 0 Å². The Morgan fingerprint density at radius 3 is 2.40 bits per heavy atom. The lowest BCUT2D eigenvalue weighted by atomic mass is 9.65. The third-order valence-corrected chi connectivity index (χ3v) is 5.97. The number of rotatable bonds is 1. The average molecular weight is 340 g/mol. The molecule has 2 atom stereocenters. The molecule has 0 unspecified atom stereocenters. The number of carbonyl (C=O) groups is 1. The van der Waals surface area contributed by atoms with Crippen molar-refractivity contribution in [1.29, 1.82) is 0 Å². The SMILES string of the molecule is COc1cc2c(c(O)c1O)C[C@@H]1C(C)(C)c3ccccc3[C@]1(O)C2=O. The van der Waals surface area contributed by atoms with Crippen LogP contribution in [0.15, 0.2) is 30.3 Å². The molecule has 0 fully saturated rings. The molecular weight excluding hydrogens is 320 g/mol. The lowest BCUT2D eigenvalue weighted by Gasteiger charge is -2.40. The number of benzene rings is 2. The fourth-order valence-electron chi connectivity index (χ4n) is 4.61. The lowest BCUT2D eigenvalue weighted by Crippen LogP contribution is -2.48. The zero-order chi connectivity index (χ0) is 18.1. The third kappa shape index (κ3) is 1.74. The number of methoxy groups -OCH3 is 1. The third-order valence-electron chi connectivity index (χ3n) is 5.97. The second kappa shape index (κ2) is 4.76. The molecule has 130 valence electrons. The molecule has 0 aromatic heterocycles. The highest BCUT2D eigenvalue weighted by molar-refractivity contribution is 6.07. The maximum atomic E-state index is 13.3. The summed E-state index contributed by atoms with van der Waals surface area (Å²) in [5, 5.41) is 32.0. The Labute approximate surface area is 145 Å². The number of ether oxygens (including phenoxy) is 1. The summed E-state index contributed by atoms with van der Waals surface area (Å²) < 4.78 is 5.05. The van der Waals surface area contributed by atoms with Crippen molar-refractivity contribution in [2.75, 3.05) is 7.11 Å². The van der Waals surface area contributed by atoms with Gasteiger partial charge in [-0.1, -0.05) is 38.1 Å². The van der Waals surface area contributed by atoms with E-state index in [0.29, 0.717) is 11.1 Å². The van der Waals surface area contributed by atoms with E-state index in [2.05, 4.69) is 0 Å². The van der Waals surface area contributed by atoms with Gasteiger partial charge in [0.25, 0.3) is 0 Å². The van der Waals surface area contributed by atoms with E-state index in [9.17, 15) is 20.1 Å². The molecule has 0 saturated heterocycles. The molecule has 0 bridgehead atoms. The zero-order valence-electron chi connectivity index (χ0n) is 14.3. The molecule has 2 aliphatic rings. The molecular formula is C20H20O5. The summed E-state index contributed by atoms with van der Waals surface area (Å²) in [7, 11) is 1.35. The Morgan fingerprint density at radius 2 is 1.76 bits per heavy atom. The summed E-state index contributed by atoms with van der Waals surface area (Å²) in [6.07, 6.45) is 0.280. The summed E-state index contributed by atoms with van der Waals surface area (Å²) >= 11 is 0. The minimum absolute atomic E-state index is 0.0113. The number of aromatic hydroxyl groups is 2. The van der Waals surface area contributed by atoms with Crippen molar-refractivity contribution >= 4 is 5.78 Å². The van der Waals surface area contributed by atoms with Crippen LogP contribution < -0.4 is 4.74 Å². The predicted molar refractivity (Wildman–Crippen MR) is 91.2 cm³/mol. The summed E-state index contributed by atoms with van der Waals surface area (Å²) in [5.41, 5.74) is -0.00821. The van der Waals surface area contributed by atoms with E-state index in [4.69, 9.17) is 4.74 Å². The van der Waals surface area contributed by atoms with Gasteiger partial charge in [0.15, 0.2) is 22.9 Å². The van der Waals surface area contributed by atoms with Gasteiger partial charge in [-0.3, -0.25) is 4.79 Å². The first kappa shape index (κ1) is 16.0. The molecule has 0 saturated carbocycles. The van der Waals surface area contributed by atoms with E-state index in [-0.39, 0.29) is 29.2 Å². The van der Waals surface area contributed by atoms with Crippen molar-refractivity contribution < 1.29 is 24.9 Å². The van der Waals surface area contributed by atoms with E-state index < -0.39 is 22.7 Å². The second-order valence-electron chi connectivity index (χ2n) is 7.42. The van der Waals surface area contributed by atoms with Crippen LogP contribution in [-0.2, 0) is 17.4 Å². The first-order valence-electron chi connectivity index (χ1n) is 8.23. The monoisotopic (exact) mass is 340 g/mol. The standard InChI is InChI=1S/C20H20O5/c1-19(2)12-6-4-5-7-13(12)20(24)15(19)9-10-11(18(20)23)8-14(25-3)17(22)16(10)21/h4-8,15,21-22,24H,9H2,1-3H3/t15-,20-/m1/s1. The molecule has 25 heavy (non-hydrogen) atoms. The molecule has 5 heteroatoms. The fourth-order valence-corrected chi connectivity index (χ4v) is 4.61. The van der Waals surface area contributed by atoms with Crippen molar-refractivity contribution in [2.24, 2.45) is 5.92 Å². The van der Waals surface area contributed by atoms with Gasteiger partial charge in [-0.15, -0.1) is 0 Å². The summed E-state index contributed by atoms with van der Waals surface area (Å²) in [6, 6.07) is 8.83. The molecule has 0 heterocycles. The van der Waals surface area contributed by atoms with E-state index in [1.807, 2.05) is 32.0 Å². The van der Waals surface area contributed by atoms with Gasteiger partial charge in [0.2, 0.25) is 5.75 Å². The van der Waals surface area contributed by atoms with Gasteiger partial charge in [0, 0.05) is 17.0 Å². The fraction of sp³-hybridized carbons (Fsp3) is 0.350. The van der Waals surface area contributed by atoms with Crippen molar-refractivity contribution in [3.8, 4) is 17.2 Å². The van der Waals surface area contributed by atoms with Crippen molar-refractivity contribution in [1.82, 2.24) is 0 Å². The highest BCUT2D eigenvalue weighted by atomic mass is 16.5. The Hall–Kier alpha value is -2.53. The number of Topliss-reactive ketones (excluding diaryl/α,β-unsaturated/α-hetero) is 1. The topological polar surface area (TPSA) is 87.0 Å². The number of aliphatic hydroxyl groups is 1. The van der Waals surface area contributed by atoms with Crippen LogP contribution in [0.4, 0.5) is 0 Å². The Bertz CT molecular complexity index is 915. The quantitative estimate of drug-likeness (QED) is 0.695. The van der Waals surface area contributed by atoms with Gasteiger partial charge < -0.3 is 20.1 Å². The van der Waals surface area contributed by atoms with Crippen LogP contribution >= 0.6 is 0 Å². The summed E-state index contributed by atoms with van der Waals surface area (Å²) in [5.74, 6) is -1.62. The normalized spacial score (nSPS) is 25.9. The van der Waals surface area contributed by atoms with Gasteiger partial charge in [0.05, 0.1) is 7.11 Å². The average Bonchev–Trinajstić information content (AvgIpc) is 2.78. The smallest absolute Gasteiger partial charge is 0.200 e. The summed E-state index contributed by atoms with van der Waals surface area (Å²) in [6.45, 7) is 3.99. The molecule has 0 aliphatic heterocycles. The number of phenols is 2. The van der Waals surface area contributed by atoms with Gasteiger partial charge in [-0.2, -0.15) is 0 Å². The van der Waals surface area contributed by atoms with E-state index in [1.165, 1.54) is 13.2 Å². The van der Waals surface area contributed by atoms with E-state index in [1.54, 1.807) is 6.07 Å². The van der Waals surface area contributed by atoms with Crippen molar-refractivity contribution in [2.45, 2.75) is 31.3 Å². The van der Waals surface area contributed by atoms with Crippen LogP contribution in [0, 0.1) is 5.92 Å². The number of carbonyl (C=O) groups excluding carboxylic acids is 1. The Morgan fingerprint density at radius 1 is 1.12 bits per heavy atom. The van der Waals surface area contributed by atoms with Crippen molar-refractivity contribution in [3.05, 3.63) is 52.6 Å². The highest BCUT2D eigenvalue weighted by Gasteiger charge is 2.61. The van der Waals surface area contributed by atoms with Gasteiger partial charge in [0.1, 0.15) is 0 Å². The van der Waals surface area contributed by atoms with Crippen LogP contribution in [-0.4, -0.2) is 28.2 Å². The molecule has 2 aromatic carbocycles. The molecule has 0 spiro atoms. The molecule has 5 nitrogen and oxygen atoms in total. The first-order chi connectivity index (χ1) is 11.7. The number of fused-ring (bicyclic) bond motifs is 4. The molecule has 4 rings (SSSR count). The van der Waals surface area contributed by atoms with E-state index >= 15 is 0 Å². The number of phenolic OH excluding ortho intramolecular Hbond substituents is 2. The van der Waals surface area contributed by atoms with Crippen LogP contribution in [0.5, 0.6) is 17.2 Å². The largest absolute Gasteiger partial charge is 0.504 e. The van der Waals surface area contributed by atoms with E-state index in [0.717, 1.165) is 5.56 Å². The minimum atomic E-state index is -1.65. The molecule has 0 radical (unpaired) electrons. The lowest BCUT2D eigenvalue weighted by molar-refractivity contribution is -0.0182. The first-order valence-corrected chi connectivity index (χ1v) is 8.23. The number of hydrogen-bond acceptors (Lipinski definition) is 5. The maximum absolute atomic E-state index is 13.3. The second-order valence-corrected chi connectivity index (χ2v) is 7.42. The molecule has 0 amide bonds.